The molecule has 0 aromatic heterocycles. The topological polar surface area (TPSA) is 52.3 Å². The van der Waals surface area contributed by atoms with Crippen LogP contribution in [-0.2, 0) is 0 Å². The molecular formula is C16H17NO2. The van der Waals surface area contributed by atoms with Crippen LogP contribution >= 0.6 is 0 Å². The van der Waals surface area contributed by atoms with Gasteiger partial charge >= 0.3 is 0 Å². The summed E-state index contributed by atoms with van der Waals surface area (Å²) < 4.78 is 5.61. The number of amides is 1. The molecule has 3 nitrogen and oxygen atoms in total. The number of primary amides is 1. The number of rotatable bonds is 5. The van der Waals surface area contributed by atoms with E-state index in [9.17, 15) is 4.79 Å². The average molecular weight is 255 g/mol. The average Bonchev–Trinajstić information content (AvgIpc) is 2.45. The molecular weight excluding hydrogens is 238 g/mol. The van der Waals surface area contributed by atoms with Gasteiger partial charge in [0.15, 0.2) is 0 Å². The molecule has 0 saturated carbocycles. The van der Waals surface area contributed by atoms with Crippen LogP contribution in [0.2, 0.25) is 0 Å². The van der Waals surface area contributed by atoms with Crippen LogP contribution in [0.25, 0.3) is 11.1 Å². The molecule has 2 N–H and O–H groups in total. The zero-order valence-corrected chi connectivity index (χ0v) is 10.9. The number of benzene rings is 2. The Morgan fingerprint density at radius 2 is 1.84 bits per heavy atom. The van der Waals surface area contributed by atoms with E-state index in [1.54, 1.807) is 6.07 Å². The number of hydrogen-bond acceptors (Lipinski definition) is 2. The Labute approximate surface area is 113 Å². The number of nitrogens with two attached hydrogens (primary N) is 1. The van der Waals surface area contributed by atoms with E-state index in [0.29, 0.717) is 17.9 Å². The van der Waals surface area contributed by atoms with Crippen LogP contribution < -0.4 is 10.5 Å². The summed E-state index contributed by atoms with van der Waals surface area (Å²) in [5.74, 6) is 0.0845. The first-order valence-electron chi connectivity index (χ1n) is 6.35. The number of ether oxygens (including phenoxy) is 1. The van der Waals surface area contributed by atoms with Crippen molar-refractivity contribution in [1.29, 1.82) is 0 Å². The molecule has 98 valence electrons. The van der Waals surface area contributed by atoms with Crippen molar-refractivity contribution in [2.75, 3.05) is 6.61 Å². The van der Waals surface area contributed by atoms with Gasteiger partial charge in [-0.25, -0.2) is 0 Å². The molecule has 2 rings (SSSR count). The summed E-state index contributed by atoms with van der Waals surface area (Å²) in [6, 6.07) is 15.2. The van der Waals surface area contributed by atoms with Crippen LogP contribution in [0, 0.1) is 0 Å². The maximum absolute atomic E-state index is 11.7. The molecule has 0 atom stereocenters. The van der Waals surface area contributed by atoms with Gasteiger partial charge in [0.05, 0.1) is 12.2 Å². The van der Waals surface area contributed by atoms with E-state index in [4.69, 9.17) is 10.5 Å². The Morgan fingerprint density at radius 3 is 2.47 bits per heavy atom. The van der Waals surface area contributed by atoms with Gasteiger partial charge in [0.2, 0.25) is 0 Å². The number of carbonyl (C=O) groups excluding carboxylic acids is 1. The molecule has 19 heavy (non-hydrogen) atoms. The third kappa shape index (κ3) is 2.94. The molecule has 0 aliphatic carbocycles. The molecule has 0 fully saturated rings. The van der Waals surface area contributed by atoms with Crippen molar-refractivity contribution in [2.45, 2.75) is 13.3 Å². The fourth-order valence-corrected chi connectivity index (χ4v) is 1.98. The second-order valence-corrected chi connectivity index (χ2v) is 4.26. The normalized spacial score (nSPS) is 10.2. The van der Waals surface area contributed by atoms with Crippen molar-refractivity contribution in [1.82, 2.24) is 0 Å². The van der Waals surface area contributed by atoms with E-state index in [2.05, 4.69) is 0 Å². The summed E-state index contributed by atoms with van der Waals surface area (Å²) in [5.41, 5.74) is 7.72. The second-order valence-electron chi connectivity index (χ2n) is 4.26. The Kier molecular flexibility index (Phi) is 4.18. The first kappa shape index (κ1) is 13.1. The first-order valence-corrected chi connectivity index (χ1v) is 6.35. The largest absolute Gasteiger partial charge is 0.493 e. The summed E-state index contributed by atoms with van der Waals surface area (Å²) in [4.78, 5) is 11.7. The fraction of sp³-hybridized carbons (Fsp3) is 0.188. The SMILES string of the molecule is CCCOc1cccc(-c2ccccc2)c1C(N)=O. The minimum absolute atomic E-state index is 0.446. The zero-order chi connectivity index (χ0) is 13.7. The maximum Gasteiger partial charge on any atom is 0.253 e. The van der Waals surface area contributed by atoms with Gasteiger partial charge in [-0.15, -0.1) is 0 Å². The van der Waals surface area contributed by atoms with Crippen LogP contribution in [0.1, 0.15) is 23.7 Å². The maximum atomic E-state index is 11.7. The Morgan fingerprint density at radius 1 is 1.11 bits per heavy atom. The van der Waals surface area contributed by atoms with Gasteiger partial charge in [0, 0.05) is 0 Å². The van der Waals surface area contributed by atoms with E-state index < -0.39 is 5.91 Å². The van der Waals surface area contributed by atoms with Gasteiger partial charge in [-0.3, -0.25) is 4.79 Å². The number of hydrogen-bond donors (Lipinski definition) is 1. The lowest BCUT2D eigenvalue weighted by Crippen LogP contribution is -2.15. The number of carbonyl (C=O) groups is 1. The zero-order valence-electron chi connectivity index (χ0n) is 10.9. The molecule has 0 radical (unpaired) electrons. The molecule has 2 aromatic rings. The smallest absolute Gasteiger partial charge is 0.253 e. The summed E-state index contributed by atoms with van der Waals surface area (Å²) in [6.45, 7) is 2.59. The Hall–Kier alpha value is -2.29. The minimum atomic E-state index is -0.467. The Bertz CT molecular complexity index is 564. The quantitative estimate of drug-likeness (QED) is 0.891. The van der Waals surface area contributed by atoms with E-state index in [0.717, 1.165) is 17.5 Å². The van der Waals surface area contributed by atoms with Gasteiger partial charge in [-0.1, -0.05) is 49.4 Å². The van der Waals surface area contributed by atoms with Crippen molar-refractivity contribution < 1.29 is 9.53 Å². The van der Waals surface area contributed by atoms with Crippen molar-refractivity contribution in [2.24, 2.45) is 5.73 Å². The van der Waals surface area contributed by atoms with E-state index in [1.807, 2.05) is 49.4 Å². The molecule has 0 aliphatic heterocycles. The highest BCUT2D eigenvalue weighted by Crippen LogP contribution is 2.30. The molecule has 0 spiro atoms. The summed E-state index contributed by atoms with van der Waals surface area (Å²) in [6.07, 6.45) is 0.883. The monoisotopic (exact) mass is 255 g/mol. The Balaban J connectivity index is 2.52. The van der Waals surface area contributed by atoms with Crippen molar-refractivity contribution >= 4 is 5.91 Å². The second kappa shape index (κ2) is 6.05. The third-order valence-corrected chi connectivity index (χ3v) is 2.82. The van der Waals surface area contributed by atoms with Crippen LogP contribution in [0.3, 0.4) is 0 Å². The van der Waals surface area contributed by atoms with Gasteiger partial charge in [-0.05, 0) is 23.6 Å². The van der Waals surface area contributed by atoms with Gasteiger partial charge < -0.3 is 10.5 Å². The molecule has 1 amide bonds. The van der Waals surface area contributed by atoms with Crippen LogP contribution in [-0.4, -0.2) is 12.5 Å². The first-order chi connectivity index (χ1) is 9.24. The van der Waals surface area contributed by atoms with Crippen molar-refractivity contribution in [3.05, 3.63) is 54.1 Å². The summed E-state index contributed by atoms with van der Waals surface area (Å²) >= 11 is 0. The van der Waals surface area contributed by atoms with Gasteiger partial charge in [0.25, 0.3) is 5.91 Å². The molecule has 0 saturated heterocycles. The van der Waals surface area contributed by atoms with E-state index in [1.165, 1.54) is 0 Å². The van der Waals surface area contributed by atoms with Gasteiger partial charge in [-0.2, -0.15) is 0 Å². The minimum Gasteiger partial charge on any atom is -0.493 e. The fourth-order valence-electron chi connectivity index (χ4n) is 1.98. The predicted molar refractivity (Wildman–Crippen MR) is 76.2 cm³/mol. The molecule has 0 aliphatic rings. The molecule has 0 heterocycles. The van der Waals surface area contributed by atoms with Crippen molar-refractivity contribution in [3.63, 3.8) is 0 Å². The van der Waals surface area contributed by atoms with Crippen molar-refractivity contribution in [3.8, 4) is 16.9 Å². The van der Waals surface area contributed by atoms with Gasteiger partial charge in [0.1, 0.15) is 5.75 Å². The lowest BCUT2D eigenvalue weighted by molar-refractivity contribution is 0.0997. The van der Waals surface area contributed by atoms with Crippen LogP contribution in [0.4, 0.5) is 0 Å². The summed E-state index contributed by atoms with van der Waals surface area (Å²) in [5, 5.41) is 0. The lowest BCUT2D eigenvalue weighted by Gasteiger charge is -2.13. The third-order valence-electron chi connectivity index (χ3n) is 2.82. The lowest BCUT2D eigenvalue weighted by atomic mass is 9.98. The van der Waals surface area contributed by atoms with Crippen LogP contribution in [0.5, 0.6) is 5.75 Å². The van der Waals surface area contributed by atoms with E-state index >= 15 is 0 Å². The molecule has 0 unspecified atom stereocenters. The highest BCUT2D eigenvalue weighted by atomic mass is 16.5. The molecule has 0 bridgehead atoms. The molecule has 3 heteroatoms. The van der Waals surface area contributed by atoms with E-state index in [-0.39, 0.29) is 0 Å². The highest BCUT2D eigenvalue weighted by Gasteiger charge is 2.15. The molecule has 2 aromatic carbocycles. The standard InChI is InChI=1S/C16H17NO2/c1-2-11-19-14-10-6-9-13(15(14)16(17)18)12-7-4-3-5-8-12/h3-10H,2,11H2,1H3,(H2,17,18). The van der Waals surface area contributed by atoms with Crippen LogP contribution in [0.15, 0.2) is 48.5 Å². The highest BCUT2D eigenvalue weighted by molar-refractivity contribution is 6.02. The summed E-state index contributed by atoms with van der Waals surface area (Å²) in [7, 11) is 0. The predicted octanol–water partition coefficient (Wildman–Crippen LogP) is 3.24.